The molecule has 0 saturated carbocycles. The first kappa shape index (κ1) is 21.1. The third-order valence-corrected chi connectivity index (χ3v) is 8.61. The molecule has 0 unspecified atom stereocenters. The Hall–Kier alpha value is -3.19. The van der Waals surface area contributed by atoms with Crippen molar-refractivity contribution < 1.29 is 13.7 Å². The van der Waals surface area contributed by atoms with Gasteiger partial charge < -0.3 is 13.7 Å². The van der Waals surface area contributed by atoms with Gasteiger partial charge in [0.1, 0.15) is 16.2 Å². The van der Waals surface area contributed by atoms with Crippen LogP contribution in [0.1, 0.15) is 27.7 Å². The van der Waals surface area contributed by atoms with Crippen molar-refractivity contribution in [2.75, 3.05) is 0 Å². The fourth-order valence-corrected chi connectivity index (χ4v) is 5.81. The van der Waals surface area contributed by atoms with Crippen molar-refractivity contribution in [3.63, 3.8) is 0 Å². The molecular weight excluding hydrogens is 453 g/mol. The van der Waals surface area contributed by atoms with Crippen LogP contribution in [0.3, 0.4) is 0 Å². The van der Waals surface area contributed by atoms with Crippen LogP contribution in [-0.4, -0.2) is 23.3 Å². The number of furan rings is 1. The largest absolute Gasteiger partial charge is 0.498 e. The van der Waals surface area contributed by atoms with Gasteiger partial charge >= 0.3 is 7.12 Å². The third-order valence-electron chi connectivity index (χ3n) is 7.54. The van der Waals surface area contributed by atoms with E-state index in [2.05, 4.69) is 88.4 Å². The van der Waals surface area contributed by atoms with Crippen LogP contribution in [-0.2, 0) is 9.31 Å². The van der Waals surface area contributed by atoms with Crippen LogP contribution in [0.15, 0.2) is 77.2 Å². The molecule has 0 aliphatic carbocycles. The Balaban J connectivity index is 1.34. The molecule has 172 valence electrons. The van der Waals surface area contributed by atoms with Crippen LogP contribution in [0.5, 0.6) is 0 Å². The Morgan fingerprint density at radius 2 is 1.54 bits per heavy atom. The molecule has 1 aliphatic rings. The van der Waals surface area contributed by atoms with Gasteiger partial charge in [0.05, 0.1) is 21.4 Å². The highest BCUT2D eigenvalue weighted by Gasteiger charge is 2.52. The zero-order valence-electron chi connectivity index (χ0n) is 20.1. The lowest BCUT2D eigenvalue weighted by molar-refractivity contribution is 0.00578. The minimum absolute atomic E-state index is 0.405. The molecule has 2 aromatic heterocycles. The van der Waals surface area contributed by atoms with Crippen molar-refractivity contribution in [1.29, 1.82) is 0 Å². The van der Waals surface area contributed by atoms with E-state index >= 15 is 0 Å². The monoisotopic (exact) mass is 477 g/mol. The number of para-hydroxylation sites is 1. The summed E-state index contributed by atoms with van der Waals surface area (Å²) in [4.78, 5) is 4.99. The van der Waals surface area contributed by atoms with Crippen molar-refractivity contribution in [3.05, 3.63) is 72.8 Å². The number of rotatable bonds is 2. The minimum Gasteiger partial charge on any atom is -0.456 e. The third kappa shape index (κ3) is 3.17. The molecule has 0 amide bonds. The van der Waals surface area contributed by atoms with Crippen molar-refractivity contribution in [2.45, 2.75) is 38.9 Å². The average Bonchev–Trinajstić information content (AvgIpc) is 3.47. The van der Waals surface area contributed by atoms with Crippen molar-refractivity contribution in [2.24, 2.45) is 0 Å². The van der Waals surface area contributed by atoms with Gasteiger partial charge in [0.15, 0.2) is 0 Å². The average molecular weight is 477 g/mol. The quantitative estimate of drug-likeness (QED) is 0.245. The smallest absolute Gasteiger partial charge is 0.456 e. The molecule has 0 bridgehead atoms. The van der Waals surface area contributed by atoms with E-state index in [0.29, 0.717) is 0 Å². The predicted molar refractivity (Wildman–Crippen MR) is 146 cm³/mol. The number of aromatic nitrogens is 1. The van der Waals surface area contributed by atoms with E-state index in [1.54, 1.807) is 11.3 Å². The van der Waals surface area contributed by atoms with E-state index in [9.17, 15) is 0 Å². The summed E-state index contributed by atoms with van der Waals surface area (Å²) in [5.74, 6) is 0. The Kier molecular flexibility index (Phi) is 4.33. The molecule has 1 saturated heterocycles. The van der Waals surface area contributed by atoms with Crippen molar-refractivity contribution in [3.8, 4) is 10.6 Å². The summed E-state index contributed by atoms with van der Waals surface area (Å²) < 4.78 is 20.2. The van der Waals surface area contributed by atoms with Gasteiger partial charge in [0, 0.05) is 27.9 Å². The molecule has 1 fully saturated rings. The van der Waals surface area contributed by atoms with Crippen LogP contribution in [0.25, 0.3) is 53.5 Å². The number of fused-ring (bicyclic) bond motifs is 5. The summed E-state index contributed by atoms with van der Waals surface area (Å²) in [5, 5.41) is 5.58. The molecule has 7 rings (SSSR count). The molecule has 0 radical (unpaired) electrons. The number of hydrogen-bond acceptors (Lipinski definition) is 5. The van der Waals surface area contributed by atoms with Gasteiger partial charge in [0.25, 0.3) is 0 Å². The summed E-state index contributed by atoms with van der Waals surface area (Å²) in [7, 11) is -0.469. The summed E-state index contributed by atoms with van der Waals surface area (Å²) in [5.41, 5.74) is 3.89. The summed E-state index contributed by atoms with van der Waals surface area (Å²) >= 11 is 1.69. The zero-order chi connectivity index (χ0) is 23.9. The minimum atomic E-state index is -0.469. The Labute approximate surface area is 207 Å². The zero-order valence-corrected chi connectivity index (χ0v) is 20.9. The molecule has 4 nitrogen and oxygen atoms in total. The molecule has 0 spiro atoms. The van der Waals surface area contributed by atoms with Crippen LogP contribution >= 0.6 is 11.3 Å². The van der Waals surface area contributed by atoms with Gasteiger partial charge in [-0.3, -0.25) is 0 Å². The molecule has 0 atom stereocenters. The second-order valence-electron chi connectivity index (χ2n) is 10.3. The second kappa shape index (κ2) is 7.17. The van der Waals surface area contributed by atoms with Crippen LogP contribution in [0.2, 0.25) is 0 Å². The maximum atomic E-state index is 6.43. The lowest BCUT2D eigenvalue weighted by Gasteiger charge is -2.32. The maximum Gasteiger partial charge on any atom is 0.498 e. The first-order valence-electron chi connectivity index (χ1n) is 11.9. The predicted octanol–water partition coefficient (Wildman–Crippen LogP) is 7.32. The summed E-state index contributed by atoms with van der Waals surface area (Å²) in [6.07, 6.45) is 0. The van der Waals surface area contributed by atoms with Crippen molar-refractivity contribution in [1.82, 2.24) is 4.98 Å². The lowest BCUT2D eigenvalue weighted by atomic mass is 9.78. The van der Waals surface area contributed by atoms with Gasteiger partial charge in [-0.25, -0.2) is 4.98 Å². The molecule has 1 aliphatic heterocycles. The van der Waals surface area contributed by atoms with Crippen LogP contribution in [0.4, 0.5) is 0 Å². The standard InChI is InChI=1S/C29H24BNO3S/c1-28(2)29(3,4)34-30(33-28)22-11-7-10-20-21-15-23-25(16-24(21)32-26(20)22)35-27(31-23)19-13-12-17-8-5-6-9-18(17)14-19/h5-16H,1-4H3. The van der Waals surface area contributed by atoms with Gasteiger partial charge in [-0.15, -0.1) is 11.3 Å². The van der Waals surface area contributed by atoms with Crippen LogP contribution in [0, 0.1) is 0 Å². The van der Waals surface area contributed by atoms with E-state index in [0.717, 1.165) is 48.2 Å². The second-order valence-corrected chi connectivity index (χ2v) is 11.3. The van der Waals surface area contributed by atoms with E-state index in [-0.39, 0.29) is 0 Å². The number of hydrogen-bond donors (Lipinski definition) is 0. The van der Waals surface area contributed by atoms with E-state index in [1.165, 1.54) is 10.8 Å². The van der Waals surface area contributed by atoms with Crippen LogP contribution < -0.4 is 5.46 Å². The number of nitrogens with zero attached hydrogens (tertiary/aromatic N) is 1. The fourth-order valence-electron chi connectivity index (χ4n) is 4.84. The molecule has 4 aromatic carbocycles. The van der Waals surface area contributed by atoms with E-state index in [1.807, 2.05) is 12.1 Å². The van der Waals surface area contributed by atoms with E-state index in [4.69, 9.17) is 18.7 Å². The van der Waals surface area contributed by atoms with Gasteiger partial charge in [-0.1, -0.05) is 54.6 Å². The first-order valence-corrected chi connectivity index (χ1v) is 12.7. The lowest BCUT2D eigenvalue weighted by Crippen LogP contribution is -2.41. The van der Waals surface area contributed by atoms with Gasteiger partial charge in [-0.05, 0) is 50.6 Å². The Bertz CT molecular complexity index is 1770. The van der Waals surface area contributed by atoms with E-state index < -0.39 is 18.3 Å². The normalized spacial score (nSPS) is 17.3. The molecule has 6 heteroatoms. The molecule has 0 N–H and O–H groups in total. The molecular formula is C29H24BNO3S. The molecule has 35 heavy (non-hydrogen) atoms. The Morgan fingerprint density at radius 1 is 0.771 bits per heavy atom. The Morgan fingerprint density at radius 3 is 2.34 bits per heavy atom. The highest BCUT2D eigenvalue weighted by molar-refractivity contribution is 7.21. The highest BCUT2D eigenvalue weighted by atomic mass is 32.1. The van der Waals surface area contributed by atoms with Crippen molar-refractivity contribution >= 4 is 66.8 Å². The summed E-state index contributed by atoms with van der Waals surface area (Å²) in [6.45, 7) is 8.27. The molecule has 3 heterocycles. The summed E-state index contributed by atoms with van der Waals surface area (Å²) in [6, 6.07) is 25.4. The topological polar surface area (TPSA) is 44.5 Å². The number of benzene rings is 4. The highest BCUT2D eigenvalue weighted by Crippen LogP contribution is 2.39. The van der Waals surface area contributed by atoms with Gasteiger partial charge in [0.2, 0.25) is 0 Å². The maximum absolute atomic E-state index is 6.43. The fraction of sp³-hybridized carbons (Fsp3) is 0.207. The molecule has 6 aromatic rings. The number of thiazole rings is 1. The first-order chi connectivity index (χ1) is 16.8. The van der Waals surface area contributed by atoms with Gasteiger partial charge in [-0.2, -0.15) is 0 Å². The SMILES string of the molecule is CC1(C)OB(c2cccc3c2oc2cc4sc(-c5ccc6ccccc6c5)nc4cc23)OC1(C)C.